The molecule has 9 heteroatoms. The molecule has 3 aromatic rings. The molecule has 0 atom stereocenters. The number of nitrogens with two attached hydrogens (primary N) is 1. The molecule has 0 aliphatic rings. The van der Waals surface area contributed by atoms with Crippen LogP contribution in [0.25, 0.3) is 11.0 Å². The van der Waals surface area contributed by atoms with Gasteiger partial charge in [-0.15, -0.1) is 0 Å². The van der Waals surface area contributed by atoms with E-state index < -0.39 is 15.3 Å². The van der Waals surface area contributed by atoms with E-state index in [9.17, 15) is 13.2 Å². The zero-order valence-corrected chi connectivity index (χ0v) is 17.0. The second-order valence-electron chi connectivity index (χ2n) is 7.11. The van der Waals surface area contributed by atoms with Crippen molar-refractivity contribution in [3.63, 3.8) is 0 Å². The Balaban J connectivity index is 2.08. The summed E-state index contributed by atoms with van der Waals surface area (Å²) in [5.41, 5.74) is 7.66. The van der Waals surface area contributed by atoms with Crippen LogP contribution in [-0.4, -0.2) is 34.0 Å². The molecule has 2 heterocycles. The third kappa shape index (κ3) is 3.57. The Kier molecular flexibility index (Phi) is 5.12. The van der Waals surface area contributed by atoms with E-state index in [-0.39, 0.29) is 17.6 Å². The molecule has 0 spiro atoms. The number of aromatic nitrogens is 3. The molecule has 0 unspecified atom stereocenters. The van der Waals surface area contributed by atoms with Crippen molar-refractivity contribution in [2.45, 2.75) is 39.0 Å². The quantitative estimate of drug-likeness (QED) is 0.613. The van der Waals surface area contributed by atoms with Gasteiger partial charge in [-0.05, 0) is 39.8 Å². The number of benzene rings is 1. The number of hydrogen-bond acceptors (Lipinski definition) is 6. The van der Waals surface area contributed by atoms with Crippen LogP contribution in [0.2, 0.25) is 0 Å². The van der Waals surface area contributed by atoms with E-state index in [0.717, 1.165) is 0 Å². The van der Waals surface area contributed by atoms with Gasteiger partial charge in [0.05, 0.1) is 16.2 Å². The zero-order chi connectivity index (χ0) is 20.6. The van der Waals surface area contributed by atoms with Crippen LogP contribution in [0.4, 0.5) is 11.5 Å². The van der Waals surface area contributed by atoms with Crippen LogP contribution in [0.5, 0.6) is 0 Å². The second kappa shape index (κ2) is 7.23. The summed E-state index contributed by atoms with van der Waals surface area (Å²) in [6, 6.07) is 6.45. The fourth-order valence-electron chi connectivity index (χ4n) is 2.84. The lowest BCUT2D eigenvalue weighted by atomic mass is 10.0. The number of nitrogens with one attached hydrogen (secondary N) is 1. The molecule has 0 bridgehead atoms. The zero-order valence-electron chi connectivity index (χ0n) is 16.2. The molecule has 0 aliphatic carbocycles. The maximum absolute atomic E-state index is 13.2. The van der Waals surface area contributed by atoms with Crippen LogP contribution >= 0.6 is 0 Å². The lowest BCUT2D eigenvalue weighted by molar-refractivity contribution is 0.104. The normalized spacial score (nSPS) is 12.1. The Morgan fingerprint density at radius 1 is 1.18 bits per heavy atom. The average molecular weight is 401 g/mol. The number of anilines is 2. The summed E-state index contributed by atoms with van der Waals surface area (Å²) in [4.78, 5) is 21.5. The van der Waals surface area contributed by atoms with Gasteiger partial charge >= 0.3 is 0 Å². The van der Waals surface area contributed by atoms with Crippen molar-refractivity contribution in [3.05, 3.63) is 47.9 Å². The van der Waals surface area contributed by atoms with Crippen LogP contribution in [0.3, 0.4) is 0 Å². The second-order valence-corrected chi connectivity index (χ2v) is 9.34. The summed E-state index contributed by atoms with van der Waals surface area (Å²) in [6.45, 7) is 7.13. The van der Waals surface area contributed by atoms with Crippen LogP contribution in [0.15, 0.2) is 36.8 Å². The van der Waals surface area contributed by atoms with E-state index in [2.05, 4.69) is 14.7 Å². The number of rotatable bonds is 6. The van der Waals surface area contributed by atoms with Crippen LogP contribution in [0.1, 0.15) is 49.7 Å². The fourth-order valence-corrected chi connectivity index (χ4v) is 3.53. The highest BCUT2D eigenvalue weighted by atomic mass is 32.2. The Hall–Kier alpha value is -2.94. The number of nitrogen functional groups attached to an aromatic ring is 1. The topological polar surface area (TPSA) is 120 Å². The largest absolute Gasteiger partial charge is 0.383 e. The van der Waals surface area contributed by atoms with Gasteiger partial charge in [0, 0.05) is 23.5 Å². The molecule has 1 aromatic carbocycles. The SMILES string of the molecule is CC(C)n1cc(C(=O)c2cccc(NS(=O)(=O)C(C)C)c2)c2c(N)ncnc21. The van der Waals surface area contributed by atoms with E-state index in [1.165, 1.54) is 12.4 Å². The lowest BCUT2D eigenvalue weighted by Crippen LogP contribution is -2.22. The number of fused-ring (bicyclic) bond motifs is 1. The maximum atomic E-state index is 13.2. The number of carbonyl (C=O) groups is 1. The number of sulfonamides is 1. The fraction of sp³-hybridized carbons (Fsp3) is 0.316. The van der Waals surface area contributed by atoms with E-state index in [4.69, 9.17) is 5.73 Å². The van der Waals surface area contributed by atoms with Gasteiger partial charge in [-0.25, -0.2) is 18.4 Å². The van der Waals surface area contributed by atoms with Gasteiger partial charge in [0.1, 0.15) is 17.8 Å². The van der Waals surface area contributed by atoms with Crippen molar-refractivity contribution in [3.8, 4) is 0 Å². The van der Waals surface area contributed by atoms with Gasteiger partial charge in [0.2, 0.25) is 10.0 Å². The molecule has 28 heavy (non-hydrogen) atoms. The van der Waals surface area contributed by atoms with E-state index in [1.807, 2.05) is 18.4 Å². The summed E-state index contributed by atoms with van der Waals surface area (Å²) in [7, 11) is -3.51. The average Bonchev–Trinajstić information content (AvgIpc) is 3.02. The van der Waals surface area contributed by atoms with Crippen LogP contribution in [-0.2, 0) is 10.0 Å². The molecular formula is C19H23N5O3S. The minimum absolute atomic E-state index is 0.0718. The van der Waals surface area contributed by atoms with Gasteiger partial charge in [-0.1, -0.05) is 12.1 Å². The first-order valence-electron chi connectivity index (χ1n) is 8.89. The summed E-state index contributed by atoms with van der Waals surface area (Å²) in [5, 5.41) is -0.0952. The van der Waals surface area contributed by atoms with Gasteiger partial charge in [-0.3, -0.25) is 9.52 Å². The van der Waals surface area contributed by atoms with Crippen LogP contribution < -0.4 is 10.5 Å². The van der Waals surface area contributed by atoms with Crippen molar-refractivity contribution in [1.82, 2.24) is 14.5 Å². The van der Waals surface area contributed by atoms with E-state index in [1.54, 1.807) is 38.2 Å². The summed E-state index contributed by atoms with van der Waals surface area (Å²) in [5.74, 6) is -0.0547. The van der Waals surface area contributed by atoms with Gasteiger partial charge < -0.3 is 10.3 Å². The van der Waals surface area contributed by atoms with Crippen molar-refractivity contribution < 1.29 is 13.2 Å². The molecule has 0 saturated heterocycles. The summed E-state index contributed by atoms with van der Waals surface area (Å²) >= 11 is 0. The minimum Gasteiger partial charge on any atom is -0.383 e. The Morgan fingerprint density at radius 3 is 2.54 bits per heavy atom. The Morgan fingerprint density at radius 2 is 1.89 bits per heavy atom. The maximum Gasteiger partial charge on any atom is 0.235 e. The Labute approximate surface area is 163 Å². The predicted molar refractivity (Wildman–Crippen MR) is 110 cm³/mol. The van der Waals surface area contributed by atoms with Gasteiger partial charge in [-0.2, -0.15) is 0 Å². The van der Waals surface area contributed by atoms with Crippen molar-refractivity contribution >= 4 is 38.3 Å². The molecule has 0 aliphatic heterocycles. The molecule has 0 fully saturated rings. The van der Waals surface area contributed by atoms with Crippen molar-refractivity contribution in [1.29, 1.82) is 0 Å². The molecule has 3 rings (SSSR count). The third-order valence-electron chi connectivity index (χ3n) is 4.45. The van der Waals surface area contributed by atoms with Gasteiger partial charge in [0.15, 0.2) is 5.78 Å². The van der Waals surface area contributed by atoms with E-state index in [0.29, 0.717) is 27.8 Å². The molecule has 0 saturated carbocycles. The minimum atomic E-state index is -3.51. The number of hydrogen-bond donors (Lipinski definition) is 2. The highest BCUT2D eigenvalue weighted by Gasteiger charge is 2.22. The molecule has 2 aromatic heterocycles. The Bertz CT molecular complexity index is 1150. The number of carbonyl (C=O) groups excluding carboxylic acids is 1. The highest BCUT2D eigenvalue weighted by molar-refractivity contribution is 7.93. The first-order chi connectivity index (χ1) is 13.1. The molecular weight excluding hydrogens is 378 g/mol. The van der Waals surface area contributed by atoms with Gasteiger partial charge in [0.25, 0.3) is 0 Å². The van der Waals surface area contributed by atoms with Crippen molar-refractivity contribution in [2.75, 3.05) is 10.5 Å². The van der Waals surface area contributed by atoms with Crippen molar-refractivity contribution in [2.24, 2.45) is 0 Å². The molecule has 148 valence electrons. The van der Waals surface area contributed by atoms with Crippen LogP contribution in [0, 0.1) is 0 Å². The molecule has 3 N–H and O–H groups in total. The molecule has 0 radical (unpaired) electrons. The monoisotopic (exact) mass is 401 g/mol. The molecule has 8 nitrogen and oxygen atoms in total. The predicted octanol–water partition coefficient (Wildman–Crippen LogP) is 2.98. The first kappa shape index (κ1) is 19.8. The number of ketones is 1. The smallest absolute Gasteiger partial charge is 0.235 e. The lowest BCUT2D eigenvalue weighted by Gasteiger charge is -2.11. The standard InChI is InChI=1S/C19H23N5O3S/c1-11(2)24-9-15(16-18(20)21-10-22-19(16)24)17(25)13-6-5-7-14(8-13)23-28(26,27)12(3)4/h5-12,23H,1-4H3,(H2,20,21,22). The third-order valence-corrected chi connectivity index (χ3v) is 6.21. The summed E-state index contributed by atoms with van der Waals surface area (Å²) < 4.78 is 28.6. The van der Waals surface area contributed by atoms with E-state index >= 15 is 0 Å². The summed E-state index contributed by atoms with van der Waals surface area (Å²) in [6.07, 6.45) is 3.08. The highest BCUT2D eigenvalue weighted by Crippen LogP contribution is 2.29. The number of nitrogens with zero attached hydrogens (tertiary/aromatic N) is 3. The molecule has 0 amide bonds. The first-order valence-corrected chi connectivity index (χ1v) is 10.4.